The number of nitrogens with zero attached hydrogens (tertiary/aromatic N) is 2. The number of imidazole rings is 1. The summed E-state index contributed by atoms with van der Waals surface area (Å²) < 4.78 is 17.0. The second kappa shape index (κ2) is 5.33. The Morgan fingerprint density at radius 2 is 1.90 bits per heavy atom. The molecule has 20 heavy (non-hydrogen) atoms. The summed E-state index contributed by atoms with van der Waals surface area (Å²) in [5, 5.41) is -0.305. The van der Waals surface area contributed by atoms with Crippen molar-refractivity contribution in [2.24, 2.45) is 0 Å². The SMILES string of the molecule is CC(Cl)c1nc2c(F)cccc2n1-c1ccc(I)cc1. The predicted molar refractivity (Wildman–Crippen MR) is 88.0 cm³/mol. The second-order valence-corrected chi connectivity index (χ2v) is 6.41. The van der Waals surface area contributed by atoms with Crippen molar-refractivity contribution in [3.8, 4) is 5.69 Å². The van der Waals surface area contributed by atoms with Gasteiger partial charge in [0.1, 0.15) is 11.3 Å². The van der Waals surface area contributed by atoms with Gasteiger partial charge in [-0.25, -0.2) is 9.37 Å². The summed E-state index contributed by atoms with van der Waals surface area (Å²) >= 11 is 8.45. The molecule has 0 radical (unpaired) electrons. The first kappa shape index (κ1) is 13.8. The minimum Gasteiger partial charge on any atom is -0.295 e. The van der Waals surface area contributed by atoms with Gasteiger partial charge in [-0.1, -0.05) is 6.07 Å². The Bertz CT molecular complexity index is 765. The fourth-order valence-corrected chi connectivity index (χ4v) is 2.72. The van der Waals surface area contributed by atoms with Gasteiger partial charge in [-0.2, -0.15) is 0 Å². The lowest BCUT2D eigenvalue weighted by atomic mass is 10.2. The molecule has 0 aliphatic heterocycles. The molecule has 0 bridgehead atoms. The van der Waals surface area contributed by atoms with Gasteiger partial charge in [-0.05, 0) is 65.9 Å². The average molecular weight is 401 g/mol. The number of rotatable bonds is 2. The normalized spacial score (nSPS) is 12.8. The van der Waals surface area contributed by atoms with Crippen LogP contribution in [-0.2, 0) is 0 Å². The van der Waals surface area contributed by atoms with Gasteiger partial charge < -0.3 is 0 Å². The lowest BCUT2D eigenvalue weighted by Crippen LogP contribution is -2.01. The Morgan fingerprint density at radius 1 is 1.20 bits per heavy atom. The number of aromatic nitrogens is 2. The topological polar surface area (TPSA) is 17.8 Å². The highest BCUT2D eigenvalue weighted by Crippen LogP contribution is 2.29. The van der Waals surface area contributed by atoms with Gasteiger partial charge in [-0.3, -0.25) is 4.57 Å². The van der Waals surface area contributed by atoms with Gasteiger partial charge >= 0.3 is 0 Å². The van der Waals surface area contributed by atoms with Crippen LogP contribution < -0.4 is 0 Å². The van der Waals surface area contributed by atoms with Gasteiger partial charge in [-0.15, -0.1) is 11.6 Å². The van der Waals surface area contributed by atoms with Crippen molar-refractivity contribution < 1.29 is 4.39 Å². The standard InChI is InChI=1S/C15H11ClFIN2/c1-9(16)15-19-14-12(17)3-2-4-13(14)20(15)11-7-5-10(18)6-8-11/h2-9H,1H3. The highest BCUT2D eigenvalue weighted by Gasteiger charge is 2.18. The zero-order chi connectivity index (χ0) is 14.3. The van der Waals surface area contributed by atoms with E-state index in [1.54, 1.807) is 6.07 Å². The van der Waals surface area contributed by atoms with Crippen molar-refractivity contribution in [1.82, 2.24) is 9.55 Å². The van der Waals surface area contributed by atoms with Crippen molar-refractivity contribution in [2.45, 2.75) is 12.3 Å². The molecular weight excluding hydrogens is 390 g/mol. The minimum atomic E-state index is -0.328. The Kier molecular flexibility index (Phi) is 3.69. The molecule has 3 rings (SSSR count). The summed E-state index contributed by atoms with van der Waals surface area (Å²) in [4.78, 5) is 4.36. The molecule has 0 aliphatic carbocycles. The van der Waals surface area contributed by atoms with E-state index in [1.807, 2.05) is 41.8 Å². The van der Waals surface area contributed by atoms with E-state index in [0.717, 1.165) is 14.8 Å². The predicted octanol–water partition coefficient (Wildman–Crippen LogP) is 5.07. The maximum absolute atomic E-state index is 13.9. The number of halogens is 3. The van der Waals surface area contributed by atoms with E-state index in [0.29, 0.717) is 11.3 Å². The van der Waals surface area contributed by atoms with Crippen LogP contribution in [0.15, 0.2) is 42.5 Å². The van der Waals surface area contributed by atoms with Crippen LogP contribution in [-0.4, -0.2) is 9.55 Å². The second-order valence-electron chi connectivity index (χ2n) is 4.51. The Morgan fingerprint density at radius 3 is 2.55 bits per heavy atom. The van der Waals surface area contributed by atoms with Crippen molar-refractivity contribution in [3.63, 3.8) is 0 Å². The van der Waals surface area contributed by atoms with Crippen LogP contribution in [0.4, 0.5) is 4.39 Å². The van der Waals surface area contributed by atoms with Crippen molar-refractivity contribution in [2.75, 3.05) is 0 Å². The summed E-state index contributed by atoms with van der Waals surface area (Å²) in [6.45, 7) is 1.84. The van der Waals surface area contributed by atoms with E-state index in [9.17, 15) is 4.39 Å². The Balaban J connectivity index is 2.35. The molecular formula is C15H11ClFIN2. The average Bonchev–Trinajstić information content (AvgIpc) is 2.81. The van der Waals surface area contributed by atoms with E-state index in [1.165, 1.54) is 6.07 Å². The number of fused-ring (bicyclic) bond motifs is 1. The van der Waals surface area contributed by atoms with Crippen LogP contribution >= 0.6 is 34.2 Å². The number of hydrogen-bond acceptors (Lipinski definition) is 1. The van der Waals surface area contributed by atoms with E-state index < -0.39 is 0 Å². The van der Waals surface area contributed by atoms with Crippen LogP contribution in [0, 0.1) is 9.39 Å². The molecule has 2 aromatic carbocycles. The summed E-state index contributed by atoms with van der Waals surface area (Å²) in [6, 6.07) is 12.9. The summed E-state index contributed by atoms with van der Waals surface area (Å²) in [5.74, 6) is 0.318. The van der Waals surface area contributed by atoms with Gasteiger partial charge in [0.2, 0.25) is 0 Å². The smallest absolute Gasteiger partial charge is 0.151 e. The zero-order valence-electron chi connectivity index (χ0n) is 10.6. The van der Waals surface area contributed by atoms with Gasteiger partial charge in [0.15, 0.2) is 5.82 Å². The van der Waals surface area contributed by atoms with E-state index in [-0.39, 0.29) is 11.2 Å². The Hall–Kier alpha value is -1.14. The third-order valence-corrected chi connectivity index (χ3v) is 4.02. The molecule has 1 heterocycles. The fourth-order valence-electron chi connectivity index (χ4n) is 2.21. The lowest BCUT2D eigenvalue weighted by Gasteiger charge is -2.10. The summed E-state index contributed by atoms with van der Waals surface area (Å²) in [6.07, 6.45) is 0. The molecule has 2 nitrogen and oxygen atoms in total. The molecule has 3 aromatic rings. The first-order valence-corrected chi connectivity index (χ1v) is 7.66. The molecule has 0 saturated heterocycles. The van der Waals surface area contributed by atoms with E-state index >= 15 is 0 Å². The maximum atomic E-state index is 13.9. The van der Waals surface area contributed by atoms with Crippen LogP contribution in [0.3, 0.4) is 0 Å². The highest BCUT2D eigenvalue weighted by molar-refractivity contribution is 14.1. The summed E-state index contributed by atoms with van der Waals surface area (Å²) in [7, 11) is 0. The molecule has 1 atom stereocenters. The molecule has 0 fully saturated rings. The fraction of sp³-hybridized carbons (Fsp3) is 0.133. The van der Waals surface area contributed by atoms with Crippen LogP contribution in [0.5, 0.6) is 0 Å². The molecule has 0 spiro atoms. The van der Waals surface area contributed by atoms with Crippen LogP contribution in [0.2, 0.25) is 0 Å². The third kappa shape index (κ3) is 2.31. The first-order chi connectivity index (χ1) is 9.58. The summed E-state index contributed by atoms with van der Waals surface area (Å²) in [5.41, 5.74) is 2.02. The Labute approximate surface area is 134 Å². The number of para-hydroxylation sites is 1. The van der Waals surface area contributed by atoms with E-state index in [2.05, 4.69) is 27.6 Å². The van der Waals surface area contributed by atoms with E-state index in [4.69, 9.17) is 11.6 Å². The van der Waals surface area contributed by atoms with Crippen molar-refractivity contribution in [3.05, 3.63) is 57.7 Å². The molecule has 1 aromatic heterocycles. The first-order valence-electron chi connectivity index (χ1n) is 6.15. The quantitative estimate of drug-likeness (QED) is 0.434. The maximum Gasteiger partial charge on any atom is 0.151 e. The van der Waals surface area contributed by atoms with Gasteiger partial charge in [0, 0.05) is 9.26 Å². The lowest BCUT2D eigenvalue weighted by molar-refractivity contribution is 0.637. The zero-order valence-corrected chi connectivity index (χ0v) is 13.6. The largest absolute Gasteiger partial charge is 0.295 e. The van der Waals surface area contributed by atoms with Gasteiger partial charge in [0.25, 0.3) is 0 Å². The number of benzene rings is 2. The number of hydrogen-bond donors (Lipinski definition) is 0. The third-order valence-electron chi connectivity index (χ3n) is 3.10. The monoisotopic (exact) mass is 400 g/mol. The van der Waals surface area contributed by atoms with Crippen LogP contribution in [0.25, 0.3) is 16.7 Å². The molecule has 0 saturated carbocycles. The molecule has 0 amide bonds. The van der Waals surface area contributed by atoms with Crippen molar-refractivity contribution >= 4 is 45.2 Å². The van der Waals surface area contributed by atoms with Crippen LogP contribution in [0.1, 0.15) is 18.1 Å². The molecule has 0 N–H and O–H groups in total. The molecule has 0 aliphatic rings. The molecule has 102 valence electrons. The molecule has 1 unspecified atom stereocenters. The minimum absolute atomic E-state index is 0.305. The number of alkyl halides is 1. The molecule has 5 heteroatoms. The van der Waals surface area contributed by atoms with Gasteiger partial charge in [0.05, 0.1) is 10.9 Å². The highest BCUT2D eigenvalue weighted by atomic mass is 127. The van der Waals surface area contributed by atoms with Crippen molar-refractivity contribution in [1.29, 1.82) is 0 Å².